The molecule has 1 atom stereocenters. The topological polar surface area (TPSA) is 37.3 Å². The van der Waals surface area contributed by atoms with Gasteiger partial charge < -0.3 is 5.11 Å². The maximum absolute atomic E-state index is 12.9. The van der Waals surface area contributed by atoms with Gasteiger partial charge in [0, 0.05) is 11.4 Å². The van der Waals surface area contributed by atoms with Crippen molar-refractivity contribution in [1.82, 2.24) is 0 Å². The van der Waals surface area contributed by atoms with E-state index in [4.69, 9.17) is 39.9 Å². The number of alkyl halides is 1. The number of aliphatic carboxylic acids is 1. The number of carboxylic acids is 1. The molecule has 0 saturated carbocycles. The highest BCUT2D eigenvalue weighted by atomic mass is 35.5. The first-order chi connectivity index (χ1) is 6.93. The molecule has 1 N–H and O–H groups in total. The number of rotatable bonds is 3. The largest absolute Gasteiger partial charge is 0.479 e. The number of hydrogen-bond acceptors (Lipinski definition) is 1. The van der Waals surface area contributed by atoms with E-state index in [2.05, 4.69) is 0 Å². The summed E-state index contributed by atoms with van der Waals surface area (Å²) in [4.78, 5) is 10.3. The molecular formula is C9H6Cl3FO2. The van der Waals surface area contributed by atoms with Crippen molar-refractivity contribution in [2.24, 2.45) is 0 Å². The Morgan fingerprint density at radius 1 is 1.33 bits per heavy atom. The van der Waals surface area contributed by atoms with Crippen LogP contribution in [0.15, 0.2) is 12.1 Å². The van der Waals surface area contributed by atoms with Crippen LogP contribution in [-0.2, 0) is 11.2 Å². The Morgan fingerprint density at radius 3 is 2.40 bits per heavy atom. The first-order valence-electron chi connectivity index (χ1n) is 3.92. The van der Waals surface area contributed by atoms with Crippen molar-refractivity contribution < 1.29 is 14.3 Å². The Hall–Kier alpha value is -0.510. The number of hydrogen-bond donors (Lipinski definition) is 1. The molecule has 0 amide bonds. The fraction of sp³-hybridized carbons (Fsp3) is 0.222. The Bertz CT molecular complexity index is 395. The van der Waals surface area contributed by atoms with E-state index in [9.17, 15) is 9.18 Å². The zero-order valence-electron chi connectivity index (χ0n) is 7.31. The Balaban J connectivity index is 3.03. The normalized spacial score (nSPS) is 12.5. The average molecular weight is 272 g/mol. The first kappa shape index (κ1) is 12.6. The van der Waals surface area contributed by atoms with Gasteiger partial charge in [-0.2, -0.15) is 0 Å². The molecule has 0 spiro atoms. The summed E-state index contributed by atoms with van der Waals surface area (Å²) in [6, 6.07) is 2.91. The van der Waals surface area contributed by atoms with Gasteiger partial charge >= 0.3 is 5.97 Å². The van der Waals surface area contributed by atoms with Crippen molar-refractivity contribution in [1.29, 1.82) is 0 Å². The van der Waals surface area contributed by atoms with Gasteiger partial charge in [-0.15, -0.1) is 0 Å². The molecule has 0 aromatic heterocycles. The number of halogens is 4. The van der Waals surface area contributed by atoms with E-state index in [-0.39, 0.29) is 20.6 Å². The third-order valence-corrected chi connectivity index (χ3v) is 2.99. The summed E-state index contributed by atoms with van der Waals surface area (Å²) < 4.78 is 12.9. The van der Waals surface area contributed by atoms with E-state index in [1.165, 1.54) is 12.1 Å². The lowest BCUT2D eigenvalue weighted by atomic mass is 10.1. The summed E-state index contributed by atoms with van der Waals surface area (Å²) >= 11 is 17.2. The molecule has 0 saturated heterocycles. The molecule has 0 radical (unpaired) electrons. The standard InChI is InChI=1S/C9H6Cl3FO2/c10-5-1-2-6(11)8(12)4(5)3-7(13)9(14)15/h1-2,7H,3H2,(H,14,15). The van der Waals surface area contributed by atoms with Crippen LogP contribution in [0.4, 0.5) is 4.39 Å². The highest BCUT2D eigenvalue weighted by molar-refractivity contribution is 6.44. The van der Waals surface area contributed by atoms with Crippen LogP contribution in [0.5, 0.6) is 0 Å². The van der Waals surface area contributed by atoms with Gasteiger partial charge in [0.15, 0.2) is 0 Å². The van der Waals surface area contributed by atoms with Crippen LogP contribution >= 0.6 is 34.8 Å². The SMILES string of the molecule is O=C(O)C(F)Cc1c(Cl)ccc(Cl)c1Cl. The van der Waals surface area contributed by atoms with E-state index in [0.29, 0.717) is 0 Å². The second-order valence-corrected chi connectivity index (χ2v) is 4.02. The lowest BCUT2D eigenvalue weighted by Crippen LogP contribution is -2.17. The predicted molar refractivity (Wildman–Crippen MR) is 57.7 cm³/mol. The number of carboxylic acid groups (broad SMARTS) is 1. The van der Waals surface area contributed by atoms with Crippen molar-refractivity contribution in [2.45, 2.75) is 12.6 Å². The van der Waals surface area contributed by atoms with Crippen LogP contribution in [0, 0.1) is 0 Å². The molecule has 2 nitrogen and oxygen atoms in total. The minimum absolute atomic E-state index is 0.0908. The van der Waals surface area contributed by atoms with Crippen LogP contribution in [0.25, 0.3) is 0 Å². The molecule has 0 aliphatic heterocycles. The van der Waals surface area contributed by atoms with E-state index >= 15 is 0 Å². The predicted octanol–water partition coefficient (Wildman–Crippen LogP) is 3.61. The van der Waals surface area contributed by atoms with Gasteiger partial charge in [0.1, 0.15) is 0 Å². The molecule has 1 unspecified atom stereocenters. The summed E-state index contributed by atoms with van der Waals surface area (Å²) in [6.45, 7) is 0. The summed E-state index contributed by atoms with van der Waals surface area (Å²) in [5.41, 5.74) is 0.209. The molecular weight excluding hydrogens is 265 g/mol. The molecule has 0 fully saturated rings. The monoisotopic (exact) mass is 270 g/mol. The third kappa shape index (κ3) is 2.97. The van der Waals surface area contributed by atoms with Crippen molar-refractivity contribution in [3.05, 3.63) is 32.8 Å². The molecule has 82 valence electrons. The zero-order valence-corrected chi connectivity index (χ0v) is 9.57. The molecule has 0 aliphatic rings. The molecule has 0 aliphatic carbocycles. The van der Waals surface area contributed by atoms with Gasteiger partial charge in [-0.25, -0.2) is 9.18 Å². The maximum atomic E-state index is 12.9. The highest BCUT2D eigenvalue weighted by Gasteiger charge is 2.20. The molecule has 1 aromatic rings. The minimum Gasteiger partial charge on any atom is -0.479 e. The van der Waals surface area contributed by atoms with Crippen molar-refractivity contribution >= 4 is 40.8 Å². The summed E-state index contributed by atoms with van der Waals surface area (Å²) in [7, 11) is 0. The Kier molecular flexibility index (Phi) is 4.20. The smallest absolute Gasteiger partial charge is 0.338 e. The molecule has 15 heavy (non-hydrogen) atoms. The van der Waals surface area contributed by atoms with E-state index in [1.807, 2.05) is 0 Å². The lowest BCUT2D eigenvalue weighted by molar-refractivity contribution is -0.142. The van der Waals surface area contributed by atoms with Crippen molar-refractivity contribution in [3.63, 3.8) is 0 Å². The van der Waals surface area contributed by atoms with Gasteiger partial charge in [0.2, 0.25) is 6.17 Å². The molecule has 0 bridgehead atoms. The summed E-state index contributed by atoms with van der Waals surface area (Å²) in [6.07, 6.45) is -2.44. The van der Waals surface area contributed by atoms with E-state index in [1.54, 1.807) is 0 Å². The number of benzene rings is 1. The van der Waals surface area contributed by atoms with Gasteiger partial charge in [0.05, 0.1) is 10.0 Å². The van der Waals surface area contributed by atoms with Gasteiger partial charge in [-0.1, -0.05) is 34.8 Å². The molecule has 0 heterocycles. The number of carbonyl (C=O) groups is 1. The Morgan fingerprint density at radius 2 is 1.87 bits per heavy atom. The lowest BCUT2D eigenvalue weighted by Gasteiger charge is -2.09. The first-order valence-corrected chi connectivity index (χ1v) is 5.06. The minimum atomic E-state index is -2.04. The van der Waals surface area contributed by atoms with Crippen molar-refractivity contribution in [3.8, 4) is 0 Å². The molecule has 1 aromatic carbocycles. The highest BCUT2D eigenvalue weighted by Crippen LogP contribution is 2.32. The average Bonchev–Trinajstić information content (AvgIpc) is 2.18. The second kappa shape index (κ2) is 5.01. The fourth-order valence-electron chi connectivity index (χ4n) is 1.02. The zero-order chi connectivity index (χ0) is 11.6. The van der Waals surface area contributed by atoms with E-state index in [0.717, 1.165) is 0 Å². The van der Waals surface area contributed by atoms with Crippen LogP contribution < -0.4 is 0 Å². The van der Waals surface area contributed by atoms with Crippen molar-refractivity contribution in [2.75, 3.05) is 0 Å². The van der Waals surface area contributed by atoms with Crippen LogP contribution in [-0.4, -0.2) is 17.2 Å². The summed E-state index contributed by atoms with van der Waals surface area (Å²) in [5, 5.41) is 8.91. The van der Waals surface area contributed by atoms with E-state index < -0.39 is 18.6 Å². The van der Waals surface area contributed by atoms with Crippen LogP contribution in [0.3, 0.4) is 0 Å². The van der Waals surface area contributed by atoms with Gasteiger partial charge in [-0.05, 0) is 17.7 Å². The van der Waals surface area contributed by atoms with Crippen LogP contribution in [0.2, 0.25) is 15.1 Å². The summed E-state index contributed by atoms with van der Waals surface area (Å²) in [5.74, 6) is -1.55. The quantitative estimate of drug-likeness (QED) is 0.853. The maximum Gasteiger partial charge on any atom is 0.338 e. The van der Waals surface area contributed by atoms with Gasteiger partial charge in [0.25, 0.3) is 0 Å². The second-order valence-electron chi connectivity index (χ2n) is 2.83. The van der Waals surface area contributed by atoms with Gasteiger partial charge in [-0.3, -0.25) is 0 Å². The van der Waals surface area contributed by atoms with Crippen LogP contribution in [0.1, 0.15) is 5.56 Å². The molecule has 1 rings (SSSR count). The molecule has 6 heteroatoms. The fourth-order valence-corrected chi connectivity index (χ4v) is 1.72. The third-order valence-electron chi connectivity index (χ3n) is 1.79. The Labute approximate surface area is 101 Å².